The molecule has 3 aromatic carbocycles. The van der Waals surface area contributed by atoms with Crippen molar-refractivity contribution in [2.24, 2.45) is 0 Å². The van der Waals surface area contributed by atoms with Crippen LogP contribution < -0.4 is 10.0 Å². The zero-order valence-electron chi connectivity index (χ0n) is 19.1. The molecule has 0 spiro atoms. The number of amides is 1. The van der Waals surface area contributed by atoms with Crippen molar-refractivity contribution in [3.8, 4) is 0 Å². The van der Waals surface area contributed by atoms with Gasteiger partial charge in [-0.2, -0.15) is 4.31 Å². The molecule has 0 radical (unpaired) electrons. The van der Waals surface area contributed by atoms with Gasteiger partial charge in [0.05, 0.1) is 14.7 Å². The fourth-order valence-corrected chi connectivity index (χ4v) is 6.55. The molecule has 11 nitrogen and oxygen atoms in total. The Morgan fingerprint density at radius 2 is 1.57 bits per heavy atom. The first-order valence-electron chi connectivity index (χ1n) is 11.0. The summed E-state index contributed by atoms with van der Waals surface area (Å²) in [5.74, 6) is -0.529. The topological polar surface area (TPSA) is 156 Å². The molecule has 4 rings (SSSR count). The molecular weight excluding hydrogens is 544 g/mol. The first-order chi connectivity index (χ1) is 17.5. The van der Waals surface area contributed by atoms with E-state index in [2.05, 4.69) is 10.0 Å². The van der Waals surface area contributed by atoms with Crippen molar-refractivity contribution in [3.05, 3.63) is 87.4 Å². The number of anilines is 2. The molecular formula is C23H21ClN4O7S2. The Hall–Kier alpha value is -3.52. The largest absolute Gasteiger partial charge is 0.322 e. The Morgan fingerprint density at radius 1 is 0.892 bits per heavy atom. The maximum absolute atomic E-state index is 12.8. The minimum absolute atomic E-state index is 0.0828. The van der Waals surface area contributed by atoms with Crippen LogP contribution in [-0.4, -0.2) is 45.1 Å². The molecule has 1 heterocycles. The average Bonchev–Trinajstić information content (AvgIpc) is 3.40. The predicted molar refractivity (Wildman–Crippen MR) is 138 cm³/mol. The number of halogens is 1. The van der Waals surface area contributed by atoms with E-state index in [1.807, 2.05) is 0 Å². The minimum Gasteiger partial charge on any atom is -0.322 e. The van der Waals surface area contributed by atoms with E-state index in [1.165, 1.54) is 46.8 Å². The number of nitrogens with one attached hydrogen (secondary N) is 2. The molecule has 0 saturated carbocycles. The van der Waals surface area contributed by atoms with Crippen LogP contribution in [-0.2, 0) is 20.0 Å². The van der Waals surface area contributed by atoms with Crippen LogP contribution in [0.15, 0.2) is 76.5 Å². The first kappa shape index (κ1) is 26.5. The number of rotatable bonds is 8. The molecule has 0 bridgehead atoms. The third-order valence-electron chi connectivity index (χ3n) is 5.62. The molecule has 0 atom stereocenters. The number of hydrogen-bond acceptors (Lipinski definition) is 7. The average molecular weight is 565 g/mol. The van der Waals surface area contributed by atoms with Gasteiger partial charge in [0, 0.05) is 36.1 Å². The number of hydrogen-bond donors (Lipinski definition) is 2. The van der Waals surface area contributed by atoms with Crippen LogP contribution >= 0.6 is 11.6 Å². The minimum atomic E-state index is -4.17. The van der Waals surface area contributed by atoms with Crippen LogP contribution in [0.4, 0.5) is 17.1 Å². The molecule has 1 aliphatic rings. The second-order valence-corrected chi connectivity index (χ2v) is 12.2. The summed E-state index contributed by atoms with van der Waals surface area (Å²) in [6, 6.07) is 14.5. The fourth-order valence-electron chi connectivity index (χ4n) is 3.72. The Labute approximate surface area is 218 Å². The molecule has 1 amide bonds. The third-order valence-corrected chi connectivity index (χ3v) is 9.21. The lowest BCUT2D eigenvalue weighted by molar-refractivity contribution is -0.384. The summed E-state index contributed by atoms with van der Waals surface area (Å²) in [7, 11) is -7.81. The number of benzene rings is 3. The second kappa shape index (κ2) is 10.5. The Bertz CT molecular complexity index is 1570. The summed E-state index contributed by atoms with van der Waals surface area (Å²) in [4.78, 5) is 22.7. The van der Waals surface area contributed by atoms with Gasteiger partial charge >= 0.3 is 0 Å². The molecule has 14 heteroatoms. The van der Waals surface area contributed by atoms with Gasteiger partial charge in [-0.05, 0) is 67.4 Å². The molecule has 1 saturated heterocycles. The fraction of sp³-hybridized carbons (Fsp3) is 0.174. The number of nitro benzene ring substituents is 1. The third kappa shape index (κ3) is 5.91. The summed E-state index contributed by atoms with van der Waals surface area (Å²) >= 11 is 5.74. The smallest absolute Gasteiger partial charge is 0.289 e. The highest BCUT2D eigenvalue weighted by Gasteiger charge is 2.27. The van der Waals surface area contributed by atoms with Crippen molar-refractivity contribution in [2.45, 2.75) is 22.6 Å². The van der Waals surface area contributed by atoms with Crippen molar-refractivity contribution in [1.82, 2.24) is 4.31 Å². The summed E-state index contributed by atoms with van der Waals surface area (Å²) in [6.45, 7) is 0.924. The number of nitro groups is 1. The predicted octanol–water partition coefficient (Wildman–Crippen LogP) is 4.09. The van der Waals surface area contributed by atoms with Crippen molar-refractivity contribution in [2.75, 3.05) is 23.1 Å². The zero-order valence-corrected chi connectivity index (χ0v) is 21.5. The maximum atomic E-state index is 12.8. The van der Waals surface area contributed by atoms with E-state index in [1.54, 1.807) is 6.07 Å². The van der Waals surface area contributed by atoms with E-state index < -0.39 is 36.6 Å². The molecule has 0 unspecified atom stereocenters. The number of sulfonamides is 2. The summed E-state index contributed by atoms with van der Waals surface area (Å²) in [6.07, 6.45) is 1.61. The SMILES string of the molecule is O=C(Nc1cccc(S(=O)(=O)N2CCCC2)c1)c1ccc(NS(=O)(=O)c2ccc(Cl)c([N+](=O)[O-])c2)cc1. The lowest BCUT2D eigenvalue weighted by Gasteiger charge is -2.16. The molecule has 3 aromatic rings. The van der Waals surface area contributed by atoms with Crippen LogP contribution in [0.1, 0.15) is 23.2 Å². The number of carbonyl (C=O) groups excluding carboxylic acids is 1. The van der Waals surface area contributed by atoms with Gasteiger partial charge in [0.15, 0.2) is 0 Å². The highest BCUT2D eigenvalue weighted by molar-refractivity contribution is 7.92. The highest BCUT2D eigenvalue weighted by Crippen LogP contribution is 2.28. The first-order valence-corrected chi connectivity index (χ1v) is 14.3. The van der Waals surface area contributed by atoms with E-state index in [9.17, 15) is 31.7 Å². The van der Waals surface area contributed by atoms with Crippen molar-refractivity contribution < 1.29 is 26.6 Å². The van der Waals surface area contributed by atoms with Crippen molar-refractivity contribution in [1.29, 1.82) is 0 Å². The Kier molecular flexibility index (Phi) is 7.50. The molecule has 2 N–H and O–H groups in total. The van der Waals surface area contributed by atoms with Crippen molar-refractivity contribution in [3.63, 3.8) is 0 Å². The summed E-state index contributed by atoms with van der Waals surface area (Å²) in [5.41, 5.74) is 0.0546. The standard InChI is InChI=1S/C23H21ClN4O7S2/c24-21-11-10-19(15-22(21)28(30)31)36(32,33)26-17-8-6-16(7-9-17)23(29)25-18-4-3-5-20(14-18)37(34,35)27-12-1-2-13-27/h3-11,14-15,26H,1-2,12-13H2,(H,25,29). The van der Waals surface area contributed by atoms with E-state index in [0.29, 0.717) is 18.8 Å². The monoisotopic (exact) mass is 564 g/mol. The van der Waals surface area contributed by atoms with Gasteiger partial charge in [0.1, 0.15) is 5.02 Å². The molecule has 37 heavy (non-hydrogen) atoms. The van der Waals surface area contributed by atoms with Crippen LogP contribution in [0.3, 0.4) is 0 Å². The number of carbonyl (C=O) groups is 1. The van der Waals surface area contributed by atoms with Gasteiger partial charge in [-0.25, -0.2) is 16.8 Å². The van der Waals surface area contributed by atoms with Crippen LogP contribution in [0.2, 0.25) is 5.02 Å². The summed E-state index contributed by atoms with van der Waals surface area (Å²) < 4.78 is 54.6. The molecule has 1 fully saturated rings. The van der Waals surface area contributed by atoms with Gasteiger partial charge in [-0.3, -0.25) is 19.6 Å². The lowest BCUT2D eigenvalue weighted by atomic mass is 10.2. The Balaban J connectivity index is 1.46. The lowest BCUT2D eigenvalue weighted by Crippen LogP contribution is -2.27. The molecule has 0 aromatic heterocycles. The summed E-state index contributed by atoms with van der Waals surface area (Å²) in [5, 5.41) is 13.5. The van der Waals surface area contributed by atoms with Gasteiger partial charge in [-0.1, -0.05) is 17.7 Å². The highest BCUT2D eigenvalue weighted by atomic mass is 35.5. The van der Waals surface area contributed by atoms with E-state index >= 15 is 0 Å². The van der Waals surface area contributed by atoms with Crippen LogP contribution in [0, 0.1) is 10.1 Å². The van der Waals surface area contributed by atoms with E-state index in [-0.39, 0.29) is 26.1 Å². The normalized spacial score (nSPS) is 14.3. The van der Waals surface area contributed by atoms with Gasteiger partial charge in [0.2, 0.25) is 10.0 Å². The maximum Gasteiger partial charge on any atom is 0.289 e. The molecule has 1 aliphatic heterocycles. The molecule has 0 aliphatic carbocycles. The quantitative estimate of drug-likeness (QED) is 0.308. The second-order valence-electron chi connectivity index (χ2n) is 8.15. The number of nitrogens with zero attached hydrogens (tertiary/aromatic N) is 2. The van der Waals surface area contributed by atoms with Crippen LogP contribution in [0.25, 0.3) is 0 Å². The molecule has 194 valence electrons. The zero-order chi connectivity index (χ0) is 26.8. The van der Waals surface area contributed by atoms with E-state index in [0.717, 1.165) is 31.0 Å². The van der Waals surface area contributed by atoms with Gasteiger partial charge < -0.3 is 5.32 Å². The van der Waals surface area contributed by atoms with Crippen LogP contribution in [0.5, 0.6) is 0 Å². The van der Waals surface area contributed by atoms with Gasteiger partial charge in [-0.15, -0.1) is 0 Å². The van der Waals surface area contributed by atoms with Gasteiger partial charge in [0.25, 0.3) is 21.6 Å². The van der Waals surface area contributed by atoms with Crippen molar-refractivity contribution >= 4 is 54.6 Å². The Morgan fingerprint density at radius 3 is 2.22 bits per heavy atom. The van der Waals surface area contributed by atoms with E-state index in [4.69, 9.17) is 11.6 Å².